The minimum absolute atomic E-state index is 0.561. The number of rotatable bonds is 3. The first-order chi connectivity index (χ1) is 5.65. The van der Waals surface area contributed by atoms with E-state index in [1.165, 1.54) is 9.88 Å². The van der Waals surface area contributed by atoms with Crippen molar-refractivity contribution in [2.24, 2.45) is 0 Å². The Morgan fingerprint density at radius 1 is 1.50 bits per heavy atom. The Morgan fingerprint density at radius 2 is 2.17 bits per heavy atom. The van der Waals surface area contributed by atoms with Crippen molar-refractivity contribution in [3.8, 4) is 0 Å². The van der Waals surface area contributed by atoms with Gasteiger partial charge in [0.05, 0.1) is 5.01 Å². The summed E-state index contributed by atoms with van der Waals surface area (Å²) in [7, 11) is 0. The summed E-state index contributed by atoms with van der Waals surface area (Å²) in [6.45, 7) is 6.58. The van der Waals surface area contributed by atoms with Crippen LogP contribution in [0.5, 0.6) is 0 Å². The number of aromatic nitrogens is 1. The Kier molecular flexibility index (Phi) is 3.72. The maximum atomic E-state index is 4.38. The van der Waals surface area contributed by atoms with Crippen LogP contribution >= 0.6 is 27.3 Å². The second kappa shape index (κ2) is 4.38. The van der Waals surface area contributed by atoms with Gasteiger partial charge in [-0.3, -0.25) is 0 Å². The predicted molar refractivity (Wildman–Crippen MR) is 58.4 cm³/mol. The highest BCUT2D eigenvalue weighted by Gasteiger charge is 2.10. The molecule has 0 radical (unpaired) electrons. The van der Waals surface area contributed by atoms with Crippen LogP contribution in [0.25, 0.3) is 0 Å². The van der Waals surface area contributed by atoms with Crippen LogP contribution in [0.3, 0.4) is 0 Å². The second-order valence-electron chi connectivity index (χ2n) is 3.31. The number of hydrogen-bond donors (Lipinski definition) is 0. The molecule has 0 amide bonds. The standard InChI is InChI=1S/C9H14BrNS/c1-6(2)9-11-5-8(12-9)7(3)4-10/h5-7H,4H2,1-3H3. The summed E-state index contributed by atoms with van der Waals surface area (Å²) in [5.74, 6) is 1.15. The highest BCUT2D eigenvalue weighted by Crippen LogP contribution is 2.27. The van der Waals surface area contributed by atoms with E-state index >= 15 is 0 Å². The summed E-state index contributed by atoms with van der Waals surface area (Å²) in [5, 5.41) is 2.27. The molecule has 0 bridgehead atoms. The number of nitrogens with zero attached hydrogens (tertiary/aromatic N) is 1. The third-order valence-corrected chi connectivity index (χ3v) is 4.25. The molecule has 1 rings (SSSR count). The number of halogens is 1. The van der Waals surface area contributed by atoms with E-state index in [2.05, 4.69) is 41.7 Å². The molecular formula is C9H14BrNS. The lowest BCUT2D eigenvalue weighted by molar-refractivity contribution is 0.851. The third kappa shape index (κ3) is 2.30. The molecule has 0 aliphatic rings. The van der Waals surface area contributed by atoms with Gasteiger partial charge in [-0.2, -0.15) is 0 Å². The molecule has 1 nitrogen and oxygen atoms in total. The highest BCUT2D eigenvalue weighted by molar-refractivity contribution is 9.09. The smallest absolute Gasteiger partial charge is 0.0953 e. The molecule has 0 saturated carbocycles. The van der Waals surface area contributed by atoms with Crippen molar-refractivity contribution in [2.75, 3.05) is 5.33 Å². The molecule has 12 heavy (non-hydrogen) atoms. The summed E-state index contributed by atoms with van der Waals surface area (Å²) >= 11 is 5.31. The normalized spacial score (nSPS) is 13.8. The van der Waals surface area contributed by atoms with Gasteiger partial charge >= 0.3 is 0 Å². The van der Waals surface area contributed by atoms with Gasteiger partial charge in [0.25, 0.3) is 0 Å². The first kappa shape index (κ1) is 10.2. The van der Waals surface area contributed by atoms with E-state index < -0.39 is 0 Å². The van der Waals surface area contributed by atoms with Gasteiger partial charge < -0.3 is 0 Å². The lowest BCUT2D eigenvalue weighted by atomic mass is 10.2. The van der Waals surface area contributed by atoms with Gasteiger partial charge in [0, 0.05) is 28.2 Å². The molecule has 1 heterocycles. The lowest BCUT2D eigenvalue weighted by Crippen LogP contribution is -1.88. The largest absolute Gasteiger partial charge is 0.249 e. The van der Waals surface area contributed by atoms with Crippen molar-refractivity contribution in [2.45, 2.75) is 32.6 Å². The number of alkyl halides is 1. The van der Waals surface area contributed by atoms with Crippen LogP contribution in [-0.4, -0.2) is 10.3 Å². The van der Waals surface area contributed by atoms with E-state index in [0.29, 0.717) is 11.8 Å². The topological polar surface area (TPSA) is 12.9 Å². The maximum absolute atomic E-state index is 4.38. The fourth-order valence-electron chi connectivity index (χ4n) is 0.871. The Hall–Kier alpha value is 0.110. The van der Waals surface area contributed by atoms with Gasteiger partial charge in [-0.25, -0.2) is 4.98 Å². The van der Waals surface area contributed by atoms with E-state index in [4.69, 9.17) is 0 Å². The first-order valence-corrected chi connectivity index (χ1v) is 6.10. The van der Waals surface area contributed by atoms with Gasteiger partial charge in [0.2, 0.25) is 0 Å². The third-order valence-electron chi connectivity index (χ3n) is 1.75. The maximum Gasteiger partial charge on any atom is 0.0953 e. The molecule has 0 saturated heterocycles. The van der Waals surface area contributed by atoms with Crippen LogP contribution in [0.2, 0.25) is 0 Å². The molecule has 0 fully saturated rings. The molecule has 3 heteroatoms. The van der Waals surface area contributed by atoms with Crippen LogP contribution in [0.15, 0.2) is 6.20 Å². The molecule has 0 spiro atoms. The highest BCUT2D eigenvalue weighted by atomic mass is 79.9. The van der Waals surface area contributed by atoms with E-state index in [1.807, 2.05) is 17.5 Å². The Balaban J connectivity index is 2.77. The van der Waals surface area contributed by atoms with Gasteiger partial charge in [-0.15, -0.1) is 11.3 Å². The fourth-order valence-corrected chi connectivity index (χ4v) is 2.41. The summed E-state index contributed by atoms with van der Waals surface area (Å²) in [5.41, 5.74) is 0. The molecule has 1 aromatic heterocycles. The zero-order valence-electron chi connectivity index (χ0n) is 7.67. The Bertz CT molecular complexity index is 244. The van der Waals surface area contributed by atoms with E-state index in [1.54, 1.807) is 0 Å². The monoisotopic (exact) mass is 247 g/mol. The van der Waals surface area contributed by atoms with Crippen molar-refractivity contribution in [3.63, 3.8) is 0 Å². The number of hydrogen-bond acceptors (Lipinski definition) is 2. The van der Waals surface area contributed by atoms with Gasteiger partial charge in [0.15, 0.2) is 0 Å². The fraction of sp³-hybridized carbons (Fsp3) is 0.667. The Labute approximate surface area is 86.3 Å². The van der Waals surface area contributed by atoms with Crippen LogP contribution in [-0.2, 0) is 0 Å². The molecular weight excluding hydrogens is 234 g/mol. The molecule has 1 atom stereocenters. The molecule has 68 valence electrons. The SMILES string of the molecule is CC(C)c1ncc(C(C)CBr)s1. The number of thiazole rings is 1. The van der Waals surface area contributed by atoms with Crippen molar-refractivity contribution in [3.05, 3.63) is 16.1 Å². The summed E-state index contributed by atoms with van der Waals surface area (Å²) in [6, 6.07) is 0. The zero-order valence-corrected chi connectivity index (χ0v) is 10.1. The molecule has 1 unspecified atom stereocenters. The molecule has 0 N–H and O–H groups in total. The van der Waals surface area contributed by atoms with E-state index in [-0.39, 0.29) is 0 Å². The molecule has 0 aliphatic heterocycles. The van der Waals surface area contributed by atoms with Crippen LogP contribution < -0.4 is 0 Å². The van der Waals surface area contributed by atoms with E-state index in [9.17, 15) is 0 Å². The van der Waals surface area contributed by atoms with Crippen molar-refractivity contribution < 1.29 is 0 Å². The quantitative estimate of drug-likeness (QED) is 0.742. The van der Waals surface area contributed by atoms with Crippen LogP contribution in [0.4, 0.5) is 0 Å². The van der Waals surface area contributed by atoms with E-state index in [0.717, 1.165) is 5.33 Å². The van der Waals surface area contributed by atoms with Crippen molar-refractivity contribution >= 4 is 27.3 Å². The average molecular weight is 248 g/mol. The van der Waals surface area contributed by atoms with Crippen LogP contribution in [0.1, 0.15) is 42.5 Å². The molecule has 1 aromatic rings. The summed E-state index contributed by atoms with van der Waals surface area (Å²) in [6.07, 6.45) is 2.01. The minimum Gasteiger partial charge on any atom is -0.249 e. The molecule has 0 aliphatic carbocycles. The minimum atomic E-state index is 0.561. The molecule has 0 aromatic carbocycles. The van der Waals surface area contributed by atoms with Gasteiger partial charge in [-0.1, -0.05) is 36.7 Å². The van der Waals surface area contributed by atoms with Gasteiger partial charge in [-0.05, 0) is 0 Å². The lowest BCUT2D eigenvalue weighted by Gasteiger charge is -2.01. The first-order valence-electron chi connectivity index (χ1n) is 4.16. The second-order valence-corrected chi connectivity index (χ2v) is 5.05. The summed E-state index contributed by atoms with van der Waals surface area (Å²) in [4.78, 5) is 5.77. The Morgan fingerprint density at radius 3 is 2.58 bits per heavy atom. The van der Waals surface area contributed by atoms with Crippen molar-refractivity contribution in [1.29, 1.82) is 0 Å². The predicted octanol–water partition coefficient (Wildman–Crippen LogP) is 3.76. The average Bonchev–Trinajstić information content (AvgIpc) is 2.51. The summed E-state index contributed by atoms with van der Waals surface area (Å²) < 4.78 is 0. The van der Waals surface area contributed by atoms with Crippen molar-refractivity contribution in [1.82, 2.24) is 4.98 Å². The van der Waals surface area contributed by atoms with Crippen LogP contribution in [0, 0.1) is 0 Å². The zero-order chi connectivity index (χ0) is 9.14. The van der Waals surface area contributed by atoms with Gasteiger partial charge in [0.1, 0.15) is 0 Å².